The van der Waals surface area contributed by atoms with E-state index in [4.69, 9.17) is 9.72 Å². The predicted molar refractivity (Wildman–Crippen MR) is 144 cm³/mol. The maximum Gasteiger partial charge on any atom is 0.251 e. The molecule has 0 bridgehead atoms. The quantitative estimate of drug-likeness (QED) is 0.321. The first-order valence-corrected chi connectivity index (χ1v) is 13.5. The number of carbonyl (C=O) groups is 1. The average Bonchev–Trinajstić information content (AvgIpc) is 3.39. The van der Waals surface area contributed by atoms with Crippen molar-refractivity contribution >= 4 is 32.4 Å². The van der Waals surface area contributed by atoms with Gasteiger partial charge in [-0.15, -0.1) is 0 Å². The van der Waals surface area contributed by atoms with E-state index in [1.54, 1.807) is 11.3 Å². The highest BCUT2D eigenvalue weighted by Crippen LogP contribution is 2.31. The van der Waals surface area contributed by atoms with Gasteiger partial charge in [0.1, 0.15) is 5.75 Å². The molecule has 6 nitrogen and oxygen atoms in total. The van der Waals surface area contributed by atoms with Crippen LogP contribution < -0.4 is 10.1 Å². The Hall–Kier alpha value is -2.90. The van der Waals surface area contributed by atoms with Gasteiger partial charge in [0, 0.05) is 37.0 Å². The largest absolute Gasteiger partial charge is 0.494 e. The molecule has 35 heavy (non-hydrogen) atoms. The number of likely N-dealkylation sites (tertiary alicyclic amines) is 1. The minimum absolute atomic E-state index is 0.00611. The van der Waals surface area contributed by atoms with E-state index in [1.165, 1.54) is 19.5 Å². The molecule has 1 saturated heterocycles. The van der Waals surface area contributed by atoms with Gasteiger partial charge in [-0.05, 0) is 80.6 Å². The molecule has 0 unspecified atom stereocenters. The van der Waals surface area contributed by atoms with Gasteiger partial charge in [-0.3, -0.25) is 9.20 Å². The molecule has 4 aromatic rings. The van der Waals surface area contributed by atoms with E-state index in [0.717, 1.165) is 57.0 Å². The first-order chi connectivity index (χ1) is 17.0. The van der Waals surface area contributed by atoms with Gasteiger partial charge in [-0.25, -0.2) is 4.98 Å². The number of fused-ring (bicyclic) bond motifs is 3. The van der Waals surface area contributed by atoms with Gasteiger partial charge in [0.25, 0.3) is 5.91 Å². The first kappa shape index (κ1) is 23.8. The summed E-state index contributed by atoms with van der Waals surface area (Å²) in [5.74, 6) is 2.39. The van der Waals surface area contributed by atoms with Crippen molar-refractivity contribution in [2.45, 2.75) is 33.6 Å². The van der Waals surface area contributed by atoms with E-state index in [-0.39, 0.29) is 5.91 Å². The molecular formula is C28H34N4O2S. The summed E-state index contributed by atoms with van der Waals surface area (Å²) in [5.41, 5.74) is 3.76. The van der Waals surface area contributed by atoms with Crippen molar-refractivity contribution in [1.82, 2.24) is 19.6 Å². The van der Waals surface area contributed by atoms with E-state index >= 15 is 0 Å². The Labute approximate surface area is 210 Å². The molecule has 0 saturated carbocycles. The fourth-order valence-electron chi connectivity index (χ4n) is 5.25. The number of carbonyl (C=O) groups excluding carboxylic acids is 1. The monoisotopic (exact) mass is 490 g/mol. The lowest BCUT2D eigenvalue weighted by Crippen LogP contribution is -2.40. The van der Waals surface area contributed by atoms with Crippen LogP contribution >= 0.6 is 11.3 Å². The second kappa shape index (κ2) is 10.4. The van der Waals surface area contributed by atoms with Gasteiger partial charge < -0.3 is 15.0 Å². The Morgan fingerprint density at radius 2 is 1.91 bits per heavy atom. The first-order valence-electron chi connectivity index (χ1n) is 12.7. The van der Waals surface area contributed by atoms with Gasteiger partial charge >= 0.3 is 0 Å². The molecule has 1 amide bonds. The number of aromatic nitrogens is 2. The number of ether oxygens (including phenoxy) is 1. The Morgan fingerprint density at radius 3 is 2.66 bits per heavy atom. The topological polar surface area (TPSA) is 58.9 Å². The Morgan fingerprint density at radius 1 is 1.14 bits per heavy atom. The van der Waals surface area contributed by atoms with Gasteiger partial charge in [0.15, 0.2) is 4.96 Å². The molecule has 3 heterocycles. The number of hydrogen-bond donors (Lipinski definition) is 1. The molecule has 1 aliphatic heterocycles. The molecule has 5 rings (SSSR count). The van der Waals surface area contributed by atoms with Gasteiger partial charge in [0.05, 0.1) is 22.5 Å². The van der Waals surface area contributed by atoms with Crippen LogP contribution in [0.2, 0.25) is 0 Å². The van der Waals surface area contributed by atoms with Crippen LogP contribution in [0.4, 0.5) is 0 Å². The molecule has 0 aliphatic carbocycles. The number of piperidine rings is 1. The minimum Gasteiger partial charge on any atom is -0.494 e. The van der Waals surface area contributed by atoms with E-state index in [1.807, 2.05) is 49.4 Å². The van der Waals surface area contributed by atoms with Crippen LogP contribution in [-0.4, -0.2) is 53.0 Å². The number of imidazole rings is 1. The lowest BCUT2D eigenvalue weighted by atomic mass is 9.92. The minimum atomic E-state index is -0.00611. The van der Waals surface area contributed by atoms with Crippen molar-refractivity contribution < 1.29 is 9.53 Å². The average molecular weight is 491 g/mol. The number of rotatable bonds is 8. The molecule has 0 radical (unpaired) electrons. The maximum atomic E-state index is 12.8. The SMILES string of the molecule is CCOc1ccc(-c2cn3c(n2)sc2cc(C(=O)NCCCN4C[C@@H](C)C[C@H](C)C4)ccc23)cc1. The molecule has 2 atom stereocenters. The zero-order valence-corrected chi connectivity index (χ0v) is 21.6. The molecule has 2 aromatic heterocycles. The summed E-state index contributed by atoms with van der Waals surface area (Å²) in [6, 6.07) is 13.9. The zero-order valence-electron chi connectivity index (χ0n) is 20.8. The van der Waals surface area contributed by atoms with E-state index in [9.17, 15) is 4.79 Å². The number of nitrogens with zero attached hydrogens (tertiary/aromatic N) is 3. The third-order valence-electron chi connectivity index (χ3n) is 6.70. The number of hydrogen-bond acceptors (Lipinski definition) is 5. The van der Waals surface area contributed by atoms with Crippen molar-refractivity contribution in [2.24, 2.45) is 11.8 Å². The molecule has 1 fully saturated rings. The highest BCUT2D eigenvalue weighted by Gasteiger charge is 2.21. The molecule has 0 spiro atoms. The highest BCUT2D eigenvalue weighted by atomic mass is 32.1. The summed E-state index contributed by atoms with van der Waals surface area (Å²) < 4.78 is 8.71. The molecule has 1 aliphatic rings. The predicted octanol–water partition coefficient (Wildman–Crippen LogP) is 5.71. The van der Waals surface area contributed by atoms with Crippen molar-refractivity contribution in [2.75, 3.05) is 32.8 Å². The van der Waals surface area contributed by atoms with Crippen LogP contribution in [0.1, 0.15) is 44.0 Å². The maximum absolute atomic E-state index is 12.8. The zero-order chi connectivity index (χ0) is 24.4. The van der Waals surface area contributed by atoms with Crippen molar-refractivity contribution in [3.63, 3.8) is 0 Å². The van der Waals surface area contributed by atoms with Gasteiger partial charge in [-0.1, -0.05) is 25.2 Å². The molecule has 184 valence electrons. The number of amides is 1. The van der Waals surface area contributed by atoms with Crippen molar-refractivity contribution in [3.05, 3.63) is 54.2 Å². The van der Waals surface area contributed by atoms with E-state index in [0.29, 0.717) is 18.7 Å². The highest BCUT2D eigenvalue weighted by molar-refractivity contribution is 7.23. The van der Waals surface area contributed by atoms with Crippen LogP contribution in [0, 0.1) is 11.8 Å². The van der Waals surface area contributed by atoms with Crippen LogP contribution in [0.5, 0.6) is 5.75 Å². The second-order valence-electron chi connectivity index (χ2n) is 9.84. The summed E-state index contributed by atoms with van der Waals surface area (Å²) in [6.07, 6.45) is 4.37. The number of thiazole rings is 1. The summed E-state index contributed by atoms with van der Waals surface area (Å²) in [6.45, 7) is 11.4. The fourth-order valence-corrected chi connectivity index (χ4v) is 6.30. The lowest BCUT2D eigenvalue weighted by Gasteiger charge is -2.34. The second-order valence-corrected chi connectivity index (χ2v) is 10.8. The molecule has 1 N–H and O–H groups in total. The van der Waals surface area contributed by atoms with Crippen LogP contribution in [0.25, 0.3) is 26.4 Å². The van der Waals surface area contributed by atoms with E-state index < -0.39 is 0 Å². The van der Waals surface area contributed by atoms with Crippen molar-refractivity contribution in [1.29, 1.82) is 0 Å². The number of benzene rings is 2. The smallest absolute Gasteiger partial charge is 0.251 e. The fraction of sp³-hybridized carbons (Fsp3) is 0.429. The van der Waals surface area contributed by atoms with Crippen molar-refractivity contribution in [3.8, 4) is 17.0 Å². The standard InChI is InChI=1S/C28H34N4O2S/c1-4-34-23-9-6-21(7-10-23)24-18-32-25-11-8-22(15-26(25)35-28(32)30-24)27(33)29-12-5-13-31-16-19(2)14-20(3)17-31/h6-11,15,18-20H,4-5,12-14,16-17H2,1-3H3,(H,29,33)/t19-,20-/m0/s1. The molecule has 7 heteroatoms. The summed E-state index contributed by atoms with van der Waals surface area (Å²) in [5, 5.41) is 3.10. The number of nitrogens with one attached hydrogen (secondary N) is 1. The Balaban J connectivity index is 1.21. The van der Waals surface area contributed by atoms with E-state index in [2.05, 4.69) is 34.7 Å². The lowest BCUT2D eigenvalue weighted by molar-refractivity contribution is 0.0947. The van der Waals surface area contributed by atoms with Crippen LogP contribution in [0.15, 0.2) is 48.7 Å². The normalized spacial score (nSPS) is 18.8. The third-order valence-corrected chi connectivity index (χ3v) is 7.72. The van der Waals surface area contributed by atoms with Gasteiger partial charge in [0.2, 0.25) is 0 Å². The summed E-state index contributed by atoms with van der Waals surface area (Å²) in [7, 11) is 0. The third kappa shape index (κ3) is 5.36. The van der Waals surface area contributed by atoms with Crippen LogP contribution in [-0.2, 0) is 0 Å². The van der Waals surface area contributed by atoms with Crippen LogP contribution in [0.3, 0.4) is 0 Å². The van der Waals surface area contributed by atoms with Gasteiger partial charge in [-0.2, -0.15) is 0 Å². The Kier molecular flexibility index (Phi) is 7.07. The Bertz CT molecular complexity index is 1300. The molecular weight excluding hydrogens is 456 g/mol. The summed E-state index contributed by atoms with van der Waals surface area (Å²) >= 11 is 1.61. The summed E-state index contributed by atoms with van der Waals surface area (Å²) in [4.78, 5) is 21.0. The molecule has 2 aromatic carbocycles.